The molecule has 6 nitrogen and oxygen atoms in total. The number of ether oxygens (including phenoxy) is 3. The highest BCUT2D eigenvalue weighted by Gasteiger charge is 2.20. The van der Waals surface area contributed by atoms with Gasteiger partial charge in [0.15, 0.2) is 18.0 Å². The fourth-order valence-electron chi connectivity index (χ4n) is 3.42. The Balaban J connectivity index is 2.08. The molecule has 6 heteroatoms. The Bertz CT molecular complexity index is 823. The molecule has 0 saturated heterocycles. The van der Waals surface area contributed by atoms with Gasteiger partial charge in [0.05, 0.1) is 33.9 Å². The van der Waals surface area contributed by atoms with Crippen molar-refractivity contribution in [1.29, 1.82) is 0 Å². The molecule has 2 N–H and O–H groups in total. The van der Waals surface area contributed by atoms with Crippen LogP contribution in [0.15, 0.2) is 36.4 Å². The van der Waals surface area contributed by atoms with Crippen LogP contribution in [0.4, 0.5) is 5.69 Å². The van der Waals surface area contributed by atoms with Gasteiger partial charge in [-0.1, -0.05) is 32.0 Å². The smallest absolute Gasteiger partial charge is 0.279 e. The van der Waals surface area contributed by atoms with Gasteiger partial charge in [-0.2, -0.15) is 0 Å². The molecular formula is C23H33N2O4+. The predicted octanol–water partition coefficient (Wildman–Crippen LogP) is 2.88. The summed E-state index contributed by atoms with van der Waals surface area (Å²) in [5.41, 5.74) is 3.02. The molecule has 2 atom stereocenters. The van der Waals surface area contributed by atoms with Gasteiger partial charge in [-0.25, -0.2) is 0 Å². The molecule has 0 saturated carbocycles. The fourth-order valence-corrected chi connectivity index (χ4v) is 3.42. The van der Waals surface area contributed by atoms with Crippen LogP contribution in [0.3, 0.4) is 0 Å². The molecule has 0 aromatic heterocycles. The number of carbonyl (C=O) groups is 1. The highest BCUT2D eigenvalue weighted by molar-refractivity contribution is 5.92. The molecule has 1 amide bonds. The molecule has 0 radical (unpaired) electrons. The first-order chi connectivity index (χ1) is 13.9. The lowest BCUT2D eigenvalue weighted by Gasteiger charge is -2.19. The van der Waals surface area contributed by atoms with Crippen LogP contribution in [0.25, 0.3) is 0 Å². The normalized spacial score (nSPS) is 12.8. The average molecular weight is 402 g/mol. The Hall–Kier alpha value is -2.73. The summed E-state index contributed by atoms with van der Waals surface area (Å²) in [4.78, 5) is 13.7. The van der Waals surface area contributed by atoms with Crippen molar-refractivity contribution >= 4 is 11.6 Å². The summed E-state index contributed by atoms with van der Waals surface area (Å²) in [6, 6.07) is 11.8. The van der Waals surface area contributed by atoms with Crippen LogP contribution in [-0.2, 0) is 11.3 Å². The number of hydrogen-bond donors (Lipinski definition) is 2. The van der Waals surface area contributed by atoms with Gasteiger partial charge in [-0.15, -0.1) is 0 Å². The Morgan fingerprint density at radius 2 is 1.72 bits per heavy atom. The van der Waals surface area contributed by atoms with E-state index in [9.17, 15) is 4.79 Å². The minimum atomic E-state index is -0.0160. The van der Waals surface area contributed by atoms with E-state index < -0.39 is 0 Å². The highest BCUT2D eigenvalue weighted by Crippen LogP contribution is 2.39. The third kappa shape index (κ3) is 5.64. The Kier molecular flexibility index (Phi) is 8.34. The Morgan fingerprint density at radius 1 is 1.03 bits per heavy atom. The van der Waals surface area contributed by atoms with Crippen LogP contribution in [0.1, 0.15) is 37.3 Å². The lowest BCUT2D eigenvalue weighted by Crippen LogP contribution is -3.08. The molecule has 0 aliphatic heterocycles. The quantitative estimate of drug-likeness (QED) is 0.643. The number of hydrogen-bond acceptors (Lipinski definition) is 4. The van der Waals surface area contributed by atoms with Crippen LogP contribution < -0.4 is 24.4 Å². The number of quaternary nitrogens is 1. The third-order valence-corrected chi connectivity index (χ3v) is 5.12. The van der Waals surface area contributed by atoms with E-state index in [0.717, 1.165) is 22.6 Å². The number of rotatable bonds is 10. The van der Waals surface area contributed by atoms with Gasteiger partial charge < -0.3 is 24.4 Å². The van der Waals surface area contributed by atoms with Gasteiger partial charge in [0.1, 0.15) is 6.54 Å². The van der Waals surface area contributed by atoms with Gasteiger partial charge in [0.2, 0.25) is 5.75 Å². The molecule has 0 bridgehead atoms. The predicted molar refractivity (Wildman–Crippen MR) is 115 cm³/mol. The SMILES string of the molecule is CC[C@H](C)c1ccccc1NC(=O)C[NH+](C)Cc1ccc(OC)c(OC)c1OC. The number of benzene rings is 2. The van der Waals surface area contributed by atoms with Crippen molar-refractivity contribution in [2.24, 2.45) is 0 Å². The summed E-state index contributed by atoms with van der Waals surface area (Å²) in [7, 11) is 6.77. The second-order valence-corrected chi connectivity index (χ2v) is 7.25. The van der Waals surface area contributed by atoms with Crippen LogP contribution in [0, 0.1) is 0 Å². The molecule has 0 fully saturated rings. The summed E-state index contributed by atoms with van der Waals surface area (Å²) in [6.45, 7) is 5.28. The zero-order valence-electron chi connectivity index (χ0n) is 18.3. The molecule has 0 heterocycles. The van der Waals surface area contributed by atoms with Crippen molar-refractivity contribution in [3.63, 3.8) is 0 Å². The number of nitrogens with one attached hydrogen (secondary N) is 2. The molecule has 2 aromatic rings. The summed E-state index contributed by atoms with van der Waals surface area (Å²) >= 11 is 0. The maximum absolute atomic E-state index is 12.6. The standard InChI is InChI=1S/C23H32N2O4/c1-7-16(2)18-10-8-9-11-19(18)24-21(26)15-25(3)14-17-12-13-20(27-4)23(29-6)22(17)28-5/h8-13,16H,7,14-15H2,1-6H3,(H,24,26)/p+1/t16-/m0/s1. The molecule has 158 valence electrons. The minimum Gasteiger partial charge on any atom is -0.493 e. The molecule has 0 spiro atoms. The maximum Gasteiger partial charge on any atom is 0.279 e. The van der Waals surface area contributed by atoms with Crippen molar-refractivity contribution < 1.29 is 23.9 Å². The summed E-state index contributed by atoms with van der Waals surface area (Å²) in [6.07, 6.45) is 1.02. The zero-order valence-corrected chi connectivity index (χ0v) is 18.3. The average Bonchev–Trinajstić information content (AvgIpc) is 2.72. The lowest BCUT2D eigenvalue weighted by molar-refractivity contribution is -0.885. The summed E-state index contributed by atoms with van der Waals surface area (Å²) in [5, 5.41) is 3.08. The summed E-state index contributed by atoms with van der Waals surface area (Å²) in [5.74, 6) is 2.19. The third-order valence-electron chi connectivity index (χ3n) is 5.12. The summed E-state index contributed by atoms with van der Waals surface area (Å²) < 4.78 is 16.3. The van der Waals surface area contributed by atoms with Crippen molar-refractivity contribution in [1.82, 2.24) is 0 Å². The first kappa shape index (κ1) is 22.6. The van der Waals surface area contributed by atoms with E-state index in [1.54, 1.807) is 21.3 Å². The van der Waals surface area contributed by atoms with E-state index >= 15 is 0 Å². The number of carbonyl (C=O) groups excluding carboxylic acids is 1. The number of anilines is 1. The van der Waals surface area contributed by atoms with Crippen LogP contribution in [-0.4, -0.2) is 40.8 Å². The van der Waals surface area contributed by atoms with Crippen LogP contribution in [0.2, 0.25) is 0 Å². The number of methoxy groups -OCH3 is 3. The maximum atomic E-state index is 12.6. The van der Waals surface area contributed by atoms with Gasteiger partial charge >= 0.3 is 0 Å². The monoisotopic (exact) mass is 401 g/mol. The Morgan fingerprint density at radius 3 is 2.34 bits per heavy atom. The minimum absolute atomic E-state index is 0.0160. The Labute approximate surface area is 173 Å². The highest BCUT2D eigenvalue weighted by atomic mass is 16.5. The van der Waals surface area contributed by atoms with E-state index in [0.29, 0.717) is 36.3 Å². The number of para-hydroxylation sites is 1. The van der Waals surface area contributed by atoms with E-state index in [1.165, 1.54) is 5.56 Å². The largest absolute Gasteiger partial charge is 0.493 e. The van der Waals surface area contributed by atoms with Crippen molar-refractivity contribution in [2.75, 3.05) is 40.2 Å². The molecule has 1 unspecified atom stereocenters. The van der Waals surface area contributed by atoms with E-state index in [4.69, 9.17) is 14.2 Å². The van der Waals surface area contributed by atoms with Gasteiger partial charge in [0, 0.05) is 5.69 Å². The number of likely N-dealkylation sites (N-methyl/N-ethyl adjacent to an activating group) is 1. The lowest BCUT2D eigenvalue weighted by atomic mass is 9.97. The number of amides is 1. The van der Waals surface area contributed by atoms with Crippen molar-refractivity contribution in [3.05, 3.63) is 47.5 Å². The van der Waals surface area contributed by atoms with E-state index in [-0.39, 0.29) is 5.91 Å². The zero-order chi connectivity index (χ0) is 21.4. The van der Waals surface area contributed by atoms with Gasteiger partial charge in [-0.3, -0.25) is 4.79 Å². The van der Waals surface area contributed by atoms with Gasteiger partial charge in [0.25, 0.3) is 5.91 Å². The molecule has 2 aromatic carbocycles. The molecular weight excluding hydrogens is 368 g/mol. The van der Waals surface area contributed by atoms with Crippen LogP contribution in [0.5, 0.6) is 17.2 Å². The molecule has 0 aliphatic rings. The molecule has 29 heavy (non-hydrogen) atoms. The first-order valence-electron chi connectivity index (χ1n) is 9.92. The molecule has 0 aliphatic carbocycles. The van der Waals surface area contributed by atoms with Crippen LogP contribution >= 0.6 is 0 Å². The first-order valence-corrected chi connectivity index (χ1v) is 9.92. The fraction of sp³-hybridized carbons (Fsp3) is 0.435. The van der Waals surface area contributed by atoms with Crippen molar-refractivity contribution in [3.8, 4) is 17.2 Å². The van der Waals surface area contributed by atoms with Gasteiger partial charge in [-0.05, 0) is 36.1 Å². The van der Waals surface area contributed by atoms with Crippen molar-refractivity contribution in [2.45, 2.75) is 32.7 Å². The molecule has 2 rings (SSSR count). The second-order valence-electron chi connectivity index (χ2n) is 7.25. The second kappa shape index (κ2) is 10.7. The topological polar surface area (TPSA) is 61.2 Å². The van der Waals surface area contributed by atoms with E-state index in [2.05, 4.69) is 25.2 Å². The van der Waals surface area contributed by atoms with E-state index in [1.807, 2.05) is 37.4 Å².